The normalized spacial score (nSPS) is 17.5. The first-order chi connectivity index (χ1) is 11.6. The van der Waals surface area contributed by atoms with Crippen LogP contribution in [-0.2, 0) is 9.59 Å². The van der Waals surface area contributed by atoms with E-state index in [4.69, 9.17) is 9.47 Å². The van der Waals surface area contributed by atoms with E-state index in [-0.39, 0.29) is 18.3 Å². The molecule has 6 nitrogen and oxygen atoms in total. The van der Waals surface area contributed by atoms with Crippen LogP contribution < -0.4 is 19.9 Å². The van der Waals surface area contributed by atoms with Crippen molar-refractivity contribution in [1.29, 1.82) is 0 Å². The number of nitrogens with one attached hydrogen (secondary N) is 1. The Kier molecular flexibility index (Phi) is 3.23. The summed E-state index contributed by atoms with van der Waals surface area (Å²) in [5.74, 6) is 0.436. The molecule has 0 aliphatic carbocycles. The molecule has 6 heteroatoms. The second kappa shape index (κ2) is 5.42. The van der Waals surface area contributed by atoms with E-state index in [0.717, 1.165) is 5.56 Å². The maximum Gasteiger partial charge on any atom is 0.282 e. The van der Waals surface area contributed by atoms with Crippen molar-refractivity contribution < 1.29 is 19.1 Å². The number of carbonyl (C=O) groups is 2. The average Bonchev–Trinajstić information content (AvgIpc) is 3.15. The van der Waals surface area contributed by atoms with E-state index >= 15 is 0 Å². The summed E-state index contributed by atoms with van der Waals surface area (Å²) in [5, 5.41) is 1.25. The van der Waals surface area contributed by atoms with Gasteiger partial charge in [0.15, 0.2) is 11.5 Å². The Morgan fingerprint density at radius 1 is 1.04 bits per heavy atom. The first-order valence-electron chi connectivity index (χ1n) is 7.45. The number of ether oxygens (including phenoxy) is 2. The van der Waals surface area contributed by atoms with Gasteiger partial charge in [-0.1, -0.05) is 23.8 Å². The molecule has 2 amide bonds. The summed E-state index contributed by atoms with van der Waals surface area (Å²) >= 11 is 0. The lowest BCUT2D eigenvalue weighted by Gasteiger charge is -2.14. The molecule has 1 saturated heterocycles. The van der Waals surface area contributed by atoms with Crippen LogP contribution in [0.15, 0.2) is 48.0 Å². The highest BCUT2D eigenvalue weighted by Crippen LogP contribution is 2.33. The van der Waals surface area contributed by atoms with Crippen molar-refractivity contribution in [3.8, 4) is 11.5 Å². The van der Waals surface area contributed by atoms with Crippen LogP contribution >= 0.6 is 0 Å². The number of aryl methyl sites for hydroxylation is 1. The fourth-order valence-corrected chi connectivity index (χ4v) is 2.60. The Hall–Kier alpha value is -3.28. The van der Waals surface area contributed by atoms with E-state index in [0.29, 0.717) is 22.7 Å². The molecule has 0 unspecified atom stereocenters. The second-order valence-corrected chi connectivity index (χ2v) is 5.59. The highest BCUT2D eigenvalue weighted by molar-refractivity contribution is 6.31. The van der Waals surface area contributed by atoms with Crippen molar-refractivity contribution in [3.63, 3.8) is 0 Å². The van der Waals surface area contributed by atoms with Crippen molar-refractivity contribution >= 4 is 23.6 Å². The van der Waals surface area contributed by atoms with Crippen molar-refractivity contribution in [2.24, 2.45) is 0 Å². The van der Waals surface area contributed by atoms with Gasteiger partial charge in [-0.2, -0.15) is 0 Å². The van der Waals surface area contributed by atoms with Gasteiger partial charge in [-0.05, 0) is 42.8 Å². The molecule has 2 aromatic carbocycles. The number of hydrogen-bond acceptors (Lipinski definition) is 4. The Morgan fingerprint density at radius 3 is 2.58 bits per heavy atom. The predicted molar refractivity (Wildman–Crippen MR) is 87.3 cm³/mol. The van der Waals surface area contributed by atoms with Crippen molar-refractivity contribution in [3.05, 3.63) is 59.2 Å². The van der Waals surface area contributed by atoms with Gasteiger partial charge in [-0.15, -0.1) is 0 Å². The van der Waals surface area contributed by atoms with Crippen LogP contribution in [0.4, 0.5) is 5.69 Å². The molecule has 4 rings (SSSR count). The molecular weight excluding hydrogens is 308 g/mol. The van der Waals surface area contributed by atoms with E-state index in [9.17, 15) is 9.59 Å². The molecule has 1 N–H and O–H groups in total. The van der Waals surface area contributed by atoms with Crippen molar-refractivity contribution in [2.45, 2.75) is 6.92 Å². The van der Waals surface area contributed by atoms with Gasteiger partial charge in [0.1, 0.15) is 5.57 Å². The average molecular weight is 322 g/mol. The zero-order valence-corrected chi connectivity index (χ0v) is 12.9. The fraction of sp³-hybridized carbons (Fsp3) is 0.111. The monoisotopic (exact) mass is 322 g/mol. The van der Waals surface area contributed by atoms with Gasteiger partial charge in [0.2, 0.25) is 6.79 Å². The van der Waals surface area contributed by atoms with Crippen LogP contribution in [0, 0.1) is 6.92 Å². The number of fused-ring (bicyclic) bond motifs is 1. The standard InChI is InChI=1S/C18H14N2O4/c1-11-2-5-13(6-3-11)20-18(22)14(17(21)19-20)8-12-4-7-15-16(9-12)24-10-23-15/h2-9H,10H2,1H3,(H,19,21)/b14-8-. The SMILES string of the molecule is Cc1ccc(N2NC(=O)/C(=C/c3ccc4c(c3)OCO4)C2=O)cc1. The number of hydrazine groups is 1. The lowest BCUT2D eigenvalue weighted by atomic mass is 10.1. The van der Waals surface area contributed by atoms with Gasteiger partial charge in [0.05, 0.1) is 5.69 Å². The summed E-state index contributed by atoms with van der Waals surface area (Å²) in [6.45, 7) is 2.13. The Balaban J connectivity index is 1.65. The highest BCUT2D eigenvalue weighted by atomic mass is 16.7. The summed E-state index contributed by atoms with van der Waals surface area (Å²) in [6.07, 6.45) is 1.55. The number of hydrogen-bond donors (Lipinski definition) is 1. The van der Waals surface area contributed by atoms with Crippen LogP contribution in [0.2, 0.25) is 0 Å². The molecule has 0 radical (unpaired) electrons. The fourth-order valence-electron chi connectivity index (χ4n) is 2.60. The van der Waals surface area contributed by atoms with Gasteiger partial charge in [0.25, 0.3) is 11.8 Å². The van der Waals surface area contributed by atoms with Crippen LogP contribution in [0.5, 0.6) is 11.5 Å². The Labute approximate surface area is 138 Å². The van der Waals surface area contributed by atoms with E-state index in [1.807, 2.05) is 19.1 Å². The number of benzene rings is 2. The van der Waals surface area contributed by atoms with Gasteiger partial charge >= 0.3 is 0 Å². The van der Waals surface area contributed by atoms with Crippen LogP contribution in [0.25, 0.3) is 6.08 Å². The number of nitrogens with zero attached hydrogens (tertiary/aromatic N) is 1. The van der Waals surface area contributed by atoms with Gasteiger partial charge in [0, 0.05) is 0 Å². The largest absolute Gasteiger partial charge is 0.454 e. The third kappa shape index (κ3) is 2.38. The van der Waals surface area contributed by atoms with Gasteiger partial charge in [-0.3, -0.25) is 15.0 Å². The minimum atomic E-state index is -0.432. The molecule has 1 fully saturated rings. The van der Waals surface area contributed by atoms with E-state index < -0.39 is 5.91 Å². The smallest absolute Gasteiger partial charge is 0.282 e. The molecule has 2 aliphatic rings. The molecule has 24 heavy (non-hydrogen) atoms. The zero-order valence-electron chi connectivity index (χ0n) is 12.9. The number of amides is 2. The van der Waals surface area contributed by atoms with E-state index in [1.54, 1.807) is 36.4 Å². The third-order valence-electron chi connectivity index (χ3n) is 3.89. The van der Waals surface area contributed by atoms with E-state index in [1.165, 1.54) is 5.01 Å². The summed E-state index contributed by atoms with van der Waals surface area (Å²) in [6, 6.07) is 12.6. The third-order valence-corrected chi connectivity index (χ3v) is 3.89. The van der Waals surface area contributed by atoms with Crippen LogP contribution in [-0.4, -0.2) is 18.6 Å². The molecule has 0 bridgehead atoms. The number of anilines is 1. The highest BCUT2D eigenvalue weighted by Gasteiger charge is 2.34. The van der Waals surface area contributed by atoms with Crippen LogP contribution in [0.1, 0.15) is 11.1 Å². The quantitative estimate of drug-likeness (QED) is 0.680. The first kappa shape index (κ1) is 14.3. The molecule has 0 saturated carbocycles. The van der Waals surface area contributed by atoms with Crippen molar-refractivity contribution in [2.75, 3.05) is 11.8 Å². The van der Waals surface area contributed by atoms with Gasteiger partial charge < -0.3 is 9.47 Å². The van der Waals surface area contributed by atoms with Crippen molar-refractivity contribution in [1.82, 2.24) is 5.43 Å². The Bertz CT molecular complexity index is 871. The molecule has 2 aromatic rings. The zero-order chi connectivity index (χ0) is 16.7. The number of carbonyl (C=O) groups excluding carboxylic acids is 2. The Morgan fingerprint density at radius 2 is 1.79 bits per heavy atom. The van der Waals surface area contributed by atoms with Gasteiger partial charge in [-0.25, -0.2) is 5.01 Å². The second-order valence-electron chi connectivity index (χ2n) is 5.59. The van der Waals surface area contributed by atoms with E-state index in [2.05, 4.69) is 5.43 Å². The molecule has 0 atom stereocenters. The summed E-state index contributed by atoms with van der Waals surface area (Å²) in [4.78, 5) is 24.7. The summed E-state index contributed by atoms with van der Waals surface area (Å²) in [5.41, 5.74) is 5.05. The summed E-state index contributed by atoms with van der Waals surface area (Å²) < 4.78 is 10.6. The predicted octanol–water partition coefficient (Wildman–Crippen LogP) is 2.19. The molecule has 0 spiro atoms. The minimum absolute atomic E-state index is 0.0782. The summed E-state index contributed by atoms with van der Waals surface area (Å²) in [7, 11) is 0. The minimum Gasteiger partial charge on any atom is -0.454 e. The van der Waals surface area contributed by atoms with Crippen LogP contribution in [0.3, 0.4) is 0 Å². The number of rotatable bonds is 2. The lowest BCUT2D eigenvalue weighted by Crippen LogP contribution is -2.35. The maximum absolute atomic E-state index is 12.6. The molecule has 0 aromatic heterocycles. The molecular formula is C18H14N2O4. The molecule has 120 valence electrons. The maximum atomic E-state index is 12.6. The topological polar surface area (TPSA) is 67.9 Å². The lowest BCUT2D eigenvalue weighted by molar-refractivity contribution is -0.117. The molecule has 2 heterocycles. The molecule has 2 aliphatic heterocycles. The first-order valence-corrected chi connectivity index (χ1v) is 7.45.